The van der Waals surface area contributed by atoms with Crippen LogP contribution in [0.15, 0.2) is 100 Å². The Hall–Kier alpha value is -5.18. The Balaban J connectivity index is 1.19. The van der Waals surface area contributed by atoms with Crippen molar-refractivity contribution in [3.63, 3.8) is 0 Å². The normalized spacial score (nSPS) is 14.4. The number of hydrogen-bond acceptors (Lipinski definition) is 7. The van der Waals surface area contributed by atoms with Crippen molar-refractivity contribution in [2.45, 2.75) is 32.5 Å². The maximum absolute atomic E-state index is 13.5. The summed E-state index contributed by atoms with van der Waals surface area (Å²) in [7, 11) is 0. The van der Waals surface area contributed by atoms with Crippen molar-refractivity contribution in [2.24, 2.45) is 0 Å². The average Bonchev–Trinajstić information content (AvgIpc) is 3.71. The van der Waals surface area contributed by atoms with Gasteiger partial charge in [-0.25, -0.2) is 4.98 Å². The Morgan fingerprint density at radius 1 is 1.07 bits per heavy atom. The molecule has 1 aliphatic rings. The fourth-order valence-corrected chi connectivity index (χ4v) is 5.05. The third kappa shape index (κ3) is 5.74. The number of ether oxygens (including phenoxy) is 1. The van der Waals surface area contributed by atoms with Crippen LogP contribution in [0, 0.1) is 6.92 Å². The molecule has 1 aliphatic heterocycles. The number of fused-ring (bicyclic) bond motifs is 1. The molecular formula is C32H28N4O5. The summed E-state index contributed by atoms with van der Waals surface area (Å²) in [5, 5.41) is 2.80. The number of aromatic nitrogens is 2. The summed E-state index contributed by atoms with van der Waals surface area (Å²) in [4.78, 5) is 36.1. The fraction of sp³-hybridized carbons (Fsp3) is 0.188. The van der Waals surface area contributed by atoms with Crippen molar-refractivity contribution < 1.29 is 23.2 Å². The third-order valence-corrected chi connectivity index (χ3v) is 7.02. The molecule has 0 saturated heterocycles. The zero-order valence-electron chi connectivity index (χ0n) is 22.4. The summed E-state index contributed by atoms with van der Waals surface area (Å²) >= 11 is 0. The molecule has 3 aromatic heterocycles. The van der Waals surface area contributed by atoms with Gasteiger partial charge in [0.15, 0.2) is 18.1 Å². The van der Waals surface area contributed by atoms with Crippen molar-refractivity contribution in [3.05, 3.63) is 137 Å². The Labute approximate surface area is 236 Å². The third-order valence-electron chi connectivity index (χ3n) is 7.02. The summed E-state index contributed by atoms with van der Waals surface area (Å²) in [5.74, 6) is 0.684. The van der Waals surface area contributed by atoms with E-state index < -0.39 is 0 Å². The van der Waals surface area contributed by atoms with Crippen LogP contribution >= 0.6 is 0 Å². The van der Waals surface area contributed by atoms with Crippen LogP contribution in [0.2, 0.25) is 0 Å². The van der Waals surface area contributed by atoms with Gasteiger partial charge in [0.25, 0.3) is 11.8 Å². The van der Waals surface area contributed by atoms with E-state index in [1.54, 1.807) is 24.5 Å². The van der Waals surface area contributed by atoms with E-state index in [2.05, 4.69) is 21.4 Å². The average molecular weight is 549 g/mol. The SMILES string of the molecule is Cc1cccc([C@@H]2c3cc(OCc4nc(C(=O)NCc5cccnc5)co4)ccc3CCN2C(=O)c2ccco2)c1. The van der Waals surface area contributed by atoms with E-state index in [0.29, 0.717) is 31.0 Å². The molecule has 4 heterocycles. The second-order valence-corrected chi connectivity index (χ2v) is 9.86. The molecule has 0 unspecified atom stereocenters. The Morgan fingerprint density at radius 3 is 2.80 bits per heavy atom. The number of hydrogen-bond donors (Lipinski definition) is 1. The highest BCUT2D eigenvalue weighted by Gasteiger charge is 2.34. The molecule has 0 saturated carbocycles. The Kier molecular flexibility index (Phi) is 7.32. The zero-order chi connectivity index (χ0) is 28.2. The predicted molar refractivity (Wildman–Crippen MR) is 149 cm³/mol. The predicted octanol–water partition coefficient (Wildman–Crippen LogP) is 5.27. The highest BCUT2D eigenvalue weighted by atomic mass is 16.5. The molecule has 1 atom stereocenters. The topological polar surface area (TPSA) is 111 Å². The van der Waals surface area contributed by atoms with Gasteiger partial charge in [-0.05, 0) is 65.9 Å². The zero-order valence-corrected chi connectivity index (χ0v) is 22.4. The first-order valence-corrected chi connectivity index (χ1v) is 13.3. The number of nitrogens with one attached hydrogen (secondary N) is 1. The van der Waals surface area contributed by atoms with Crippen LogP contribution in [0.3, 0.4) is 0 Å². The van der Waals surface area contributed by atoms with Crippen LogP contribution in [0.25, 0.3) is 0 Å². The molecule has 0 spiro atoms. The fourth-order valence-electron chi connectivity index (χ4n) is 5.05. The lowest BCUT2D eigenvalue weighted by molar-refractivity contribution is 0.0661. The van der Waals surface area contributed by atoms with E-state index in [-0.39, 0.29) is 36.0 Å². The molecule has 0 bridgehead atoms. The number of benzene rings is 2. The van der Waals surface area contributed by atoms with Crippen LogP contribution in [0.1, 0.15) is 60.8 Å². The van der Waals surface area contributed by atoms with Crippen LogP contribution in [0.5, 0.6) is 5.75 Å². The molecule has 206 valence electrons. The minimum atomic E-state index is -0.347. The van der Waals surface area contributed by atoms with Crippen LogP contribution < -0.4 is 10.1 Å². The van der Waals surface area contributed by atoms with Gasteiger partial charge in [-0.2, -0.15) is 0 Å². The van der Waals surface area contributed by atoms with Crippen molar-refractivity contribution >= 4 is 11.8 Å². The number of furan rings is 1. The van der Waals surface area contributed by atoms with Gasteiger partial charge in [-0.1, -0.05) is 42.0 Å². The van der Waals surface area contributed by atoms with E-state index in [1.165, 1.54) is 12.5 Å². The van der Waals surface area contributed by atoms with Crippen LogP contribution in [-0.2, 0) is 19.6 Å². The lowest BCUT2D eigenvalue weighted by Crippen LogP contribution is -2.40. The smallest absolute Gasteiger partial charge is 0.290 e. The highest BCUT2D eigenvalue weighted by Crippen LogP contribution is 2.38. The summed E-state index contributed by atoms with van der Waals surface area (Å²) in [6, 6.07) is 20.9. The molecule has 5 aromatic rings. The Morgan fingerprint density at radius 2 is 2.00 bits per heavy atom. The van der Waals surface area contributed by atoms with Gasteiger partial charge in [-0.15, -0.1) is 0 Å². The van der Waals surface area contributed by atoms with Crippen molar-refractivity contribution in [1.82, 2.24) is 20.2 Å². The summed E-state index contributed by atoms with van der Waals surface area (Å²) < 4.78 is 17.0. The summed E-state index contributed by atoms with van der Waals surface area (Å²) in [5.41, 5.74) is 5.31. The summed E-state index contributed by atoms with van der Waals surface area (Å²) in [6.45, 7) is 2.98. The van der Waals surface area contributed by atoms with Crippen LogP contribution in [-0.4, -0.2) is 33.2 Å². The van der Waals surface area contributed by atoms with Gasteiger partial charge < -0.3 is 23.8 Å². The standard InChI is InChI=1S/C32H28N4O5/c1-21-5-2-7-24(15-21)30-26-16-25(10-9-23(26)11-13-36(30)32(38)28-8-4-14-39-28)40-20-29-35-27(19-41-29)31(37)34-18-22-6-3-12-33-17-22/h2-10,12,14-17,19,30H,11,13,18,20H2,1H3,(H,34,37)/t30-/m1/s1. The van der Waals surface area contributed by atoms with E-state index in [1.807, 2.05) is 60.4 Å². The van der Waals surface area contributed by atoms with Gasteiger partial charge in [0.1, 0.15) is 12.0 Å². The van der Waals surface area contributed by atoms with Gasteiger partial charge >= 0.3 is 0 Å². The first-order valence-electron chi connectivity index (χ1n) is 13.3. The van der Waals surface area contributed by atoms with Crippen molar-refractivity contribution in [2.75, 3.05) is 6.54 Å². The minimum Gasteiger partial charge on any atom is -0.484 e. The van der Waals surface area contributed by atoms with E-state index in [9.17, 15) is 9.59 Å². The first kappa shape index (κ1) is 26.1. The monoisotopic (exact) mass is 548 g/mol. The molecule has 1 N–H and O–H groups in total. The van der Waals surface area contributed by atoms with Crippen molar-refractivity contribution in [3.8, 4) is 5.75 Å². The van der Waals surface area contributed by atoms with E-state index >= 15 is 0 Å². The quantitative estimate of drug-likeness (QED) is 0.281. The maximum Gasteiger partial charge on any atom is 0.290 e. The number of oxazole rings is 1. The molecule has 9 heteroatoms. The lowest BCUT2D eigenvalue weighted by Gasteiger charge is -2.37. The number of nitrogens with zero attached hydrogens (tertiary/aromatic N) is 3. The maximum atomic E-state index is 13.5. The van der Waals surface area contributed by atoms with E-state index in [4.69, 9.17) is 13.6 Å². The molecule has 41 heavy (non-hydrogen) atoms. The van der Waals surface area contributed by atoms with Crippen molar-refractivity contribution in [1.29, 1.82) is 0 Å². The highest BCUT2D eigenvalue weighted by molar-refractivity contribution is 5.92. The number of rotatable bonds is 8. The number of pyridine rings is 1. The number of aryl methyl sites for hydroxylation is 1. The molecular weight excluding hydrogens is 520 g/mol. The molecule has 6 rings (SSSR count). The molecule has 9 nitrogen and oxygen atoms in total. The molecule has 0 fully saturated rings. The van der Waals surface area contributed by atoms with Crippen LogP contribution in [0.4, 0.5) is 0 Å². The second kappa shape index (κ2) is 11.5. The number of carbonyl (C=O) groups excluding carboxylic acids is 2. The minimum absolute atomic E-state index is 0.0405. The van der Waals surface area contributed by atoms with Gasteiger partial charge in [0, 0.05) is 25.5 Å². The lowest BCUT2D eigenvalue weighted by atomic mass is 9.87. The first-order chi connectivity index (χ1) is 20.0. The largest absolute Gasteiger partial charge is 0.484 e. The van der Waals surface area contributed by atoms with Gasteiger partial charge in [0.2, 0.25) is 5.89 Å². The van der Waals surface area contributed by atoms with Gasteiger partial charge in [-0.3, -0.25) is 14.6 Å². The Bertz CT molecular complexity index is 1660. The molecule has 2 amide bonds. The summed E-state index contributed by atoms with van der Waals surface area (Å²) in [6.07, 6.45) is 6.91. The molecule has 0 radical (unpaired) electrons. The molecule has 2 aromatic carbocycles. The van der Waals surface area contributed by atoms with Gasteiger partial charge in [0.05, 0.1) is 12.3 Å². The van der Waals surface area contributed by atoms with E-state index in [0.717, 1.165) is 27.8 Å². The second-order valence-electron chi connectivity index (χ2n) is 9.86. The number of carbonyl (C=O) groups is 2. The molecule has 0 aliphatic carbocycles. The number of amides is 2.